The third kappa shape index (κ3) is 4.30. The number of para-hydroxylation sites is 1. The van der Waals surface area contributed by atoms with Gasteiger partial charge in [-0.1, -0.05) is 42.5 Å². The number of aromatic nitrogens is 1. The second kappa shape index (κ2) is 8.45. The van der Waals surface area contributed by atoms with Gasteiger partial charge in [-0.15, -0.1) is 0 Å². The largest absolute Gasteiger partial charge is 0.462 e. The van der Waals surface area contributed by atoms with Gasteiger partial charge in [-0.3, -0.25) is 4.98 Å². The number of benzene rings is 1. The summed E-state index contributed by atoms with van der Waals surface area (Å²) in [6, 6.07) is 13.8. The minimum absolute atomic E-state index is 0.0207. The van der Waals surface area contributed by atoms with E-state index < -0.39 is 0 Å². The van der Waals surface area contributed by atoms with Crippen LogP contribution in [0.1, 0.15) is 40.9 Å². The summed E-state index contributed by atoms with van der Waals surface area (Å²) in [6.45, 7) is 4.35. The average molecular weight is 389 g/mol. The van der Waals surface area contributed by atoms with Crippen molar-refractivity contribution in [2.75, 3.05) is 6.61 Å². The quantitative estimate of drug-likeness (QED) is 0.540. The molecule has 0 saturated carbocycles. The lowest BCUT2D eigenvalue weighted by atomic mass is 10.0. The van der Waals surface area contributed by atoms with Gasteiger partial charge in [0.2, 0.25) is 0 Å². The number of carbonyl (C=O) groups is 1. The highest BCUT2D eigenvalue weighted by Gasteiger charge is 2.19. The third-order valence-electron chi connectivity index (χ3n) is 4.86. The van der Waals surface area contributed by atoms with E-state index in [2.05, 4.69) is 17.1 Å². The normalized spacial score (nSPS) is 16.1. The number of aryl methyl sites for hydroxylation is 1. The van der Waals surface area contributed by atoms with E-state index in [1.54, 1.807) is 19.9 Å². The van der Waals surface area contributed by atoms with Gasteiger partial charge in [0.15, 0.2) is 0 Å². The standard InChI is InChI=1S/C24H23NO4/c1-3-27-24(26)21-14-23(29-16(21)2)18-9-12-20(13-10-18)28-15-19-11-8-17-6-4-5-7-22(17)25-19/h4-12,14,20H,3,13,15H2,1-2H3. The number of hydrogen-bond donors (Lipinski definition) is 0. The van der Waals surface area contributed by atoms with Crippen molar-refractivity contribution in [3.05, 3.63) is 83.5 Å². The predicted octanol–water partition coefficient (Wildman–Crippen LogP) is 5.24. The van der Waals surface area contributed by atoms with E-state index in [-0.39, 0.29) is 12.1 Å². The Kier molecular flexibility index (Phi) is 5.58. The molecule has 0 saturated heterocycles. The molecule has 1 aliphatic carbocycles. The minimum Gasteiger partial charge on any atom is -0.462 e. The van der Waals surface area contributed by atoms with Gasteiger partial charge in [-0.2, -0.15) is 0 Å². The highest BCUT2D eigenvalue weighted by atomic mass is 16.5. The van der Waals surface area contributed by atoms with Crippen LogP contribution in [-0.4, -0.2) is 23.7 Å². The summed E-state index contributed by atoms with van der Waals surface area (Å²) in [5, 5.41) is 1.12. The van der Waals surface area contributed by atoms with Crippen LogP contribution in [0.2, 0.25) is 0 Å². The Bertz CT molecular complexity index is 1090. The van der Waals surface area contributed by atoms with Crippen LogP contribution >= 0.6 is 0 Å². The lowest BCUT2D eigenvalue weighted by Crippen LogP contribution is -2.11. The van der Waals surface area contributed by atoms with E-state index >= 15 is 0 Å². The van der Waals surface area contributed by atoms with Crippen molar-refractivity contribution in [2.24, 2.45) is 0 Å². The molecule has 1 unspecified atom stereocenters. The van der Waals surface area contributed by atoms with Crippen molar-refractivity contribution >= 4 is 22.4 Å². The first-order chi connectivity index (χ1) is 14.1. The van der Waals surface area contributed by atoms with E-state index in [0.29, 0.717) is 30.3 Å². The fourth-order valence-electron chi connectivity index (χ4n) is 3.32. The number of hydrogen-bond acceptors (Lipinski definition) is 5. The minimum atomic E-state index is -0.357. The fourth-order valence-corrected chi connectivity index (χ4v) is 3.32. The van der Waals surface area contributed by atoms with Gasteiger partial charge in [-0.25, -0.2) is 4.79 Å². The molecule has 0 aliphatic heterocycles. The summed E-state index contributed by atoms with van der Waals surface area (Å²) < 4.78 is 16.8. The smallest absolute Gasteiger partial charge is 0.341 e. The van der Waals surface area contributed by atoms with Crippen LogP contribution in [0.3, 0.4) is 0 Å². The highest BCUT2D eigenvalue weighted by molar-refractivity contribution is 5.92. The van der Waals surface area contributed by atoms with Crippen molar-refractivity contribution < 1.29 is 18.7 Å². The number of fused-ring (bicyclic) bond motifs is 1. The van der Waals surface area contributed by atoms with Crippen molar-refractivity contribution in [2.45, 2.75) is 33.0 Å². The summed E-state index contributed by atoms with van der Waals surface area (Å²) in [7, 11) is 0. The summed E-state index contributed by atoms with van der Waals surface area (Å²) in [4.78, 5) is 16.6. The second-order valence-corrected chi connectivity index (χ2v) is 6.90. The second-order valence-electron chi connectivity index (χ2n) is 6.90. The van der Waals surface area contributed by atoms with E-state index in [1.165, 1.54) is 0 Å². The summed E-state index contributed by atoms with van der Waals surface area (Å²) >= 11 is 0. The van der Waals surface area contributed by atoms with Gasteiger partial charge in [0, 0.05) is 11.0 Å². The van der Waals surface area contributed by atoms with Crippen molar-refractivity contribution in [1.82, 2.24) is 4.98 Å². The molecule has 0 amide bonds. The molecule has 0 bridgehead atoms. The lowest BCUT2D eigenvalue weighted by molar-refractivity contribution is 0.0524. The molecule has 0 radical (unpaired) electrons. The molecule has 5 nitrogen and oxygen atoms in total. The van der Waals surface area contributed by atoms with Crippen LogP contribution in [0.5, 0.6) is 0 Å². The zero-order valence-electron chi connectivity index (χ0n) is 16.6. The first-order valence-corrected chi connectivity index (χ1v) is 9.76. The van der Waals surface area contributed by atoms with Gasteiger partial charge < -0.3 is 13.9 Å². The van der Waals surface area contributed by atoms with Gasteiger partial charge in [0.1, 0.15) is 17.1 Å². The van der Waals surface area contributed by atoms with Crippen molar-refractivity contribution in [1.29, 1.82) is 0 Å². The monoisotopic (exact) mass is 389 g/mol. The van der Waals surface area contributed by atoms with Gasteiger partial charge in [0.05, 0.1) is 30.5 Å². The van der Waals surface area contributed by atoms with Crippen LogP contribution in [0.4, 0.5) is 0 Å². The van der Waals surface area contributed by atoms with Crippen LogP contribution in [-0.2, 0) is 16.1 Å². The molecular formula is C24H23NO4. The fraction of sp³-hybridized carbons (Fsp3) is 0.250. The number of esters is 1. The van der Waals surface area contributed by atoms with Gasteiger partial charge in [-0.05, 0) is 38.5 Å². The number of pyridine rings is 1. The van der Waals surface area contributed by atoms with Crippen LogP contribution in [0.25, 0.3) is 16.5 Å². The molecule has 1 atom stereocenters. The Balaban J connectivity index is 1.38. The Hall–Kier alpha value is -3.18. The maximum atomic E-state index is 12.0. The molecule has 0 spiro atoms. The molecule has 0 N–H and O–H groups in total. The van der Waals surface area contributed by atoms with Crippen LogP contribution in [0, 0.1) is 6.92 Å². The molecule has 3 aromatic rings. The number of rotatable bonds is 6. The van der Waals surface area contributed by atoms with Gasteiger partial charge >= 0.3 is 5.97 Å². The van der Waals surface area contributed by atoms with Crippen LogP contribution < -0.4 is 0 Å². The number of furan rings is 1. The predicted molar refractivity (Wildman–Crippen MR) is 111 cm³/mol. The number of carbonyl (C=O) groups excluding carboxylic acids is 1. The van der Waals surface area contributed by atoms with E-state index in [1.807, 2.05) is 42.5 Å². The number of allylic oxidation sites excluding steroid dienone is 2. The van der Waals surface area contributed by atoms with Crippen LogP contribution in [0.15, 0.2) is 65.1 Å². The van der Waals surface area contributed by atoms with E-state index in [0.717, 1.165) is 28.6 Å². The molecule has 2 aromatic heterocycles. The average Bonchev–Trinajstić information content (AvgIpc) is 3.14. The number of nitrogens with zero attached hydrogens (tertiary/aromatic N) is 1. The molecule has 0 fully saturated rings. The van der Waals surface area contributed by atoms with Crippen molar-refractivity contribution in [3.8, 4) is 0 Å². The summed E-state index contributed by atoms with van der Waals surface area (Å²) in [6.07, 6.45) is 6.75. The Morgan fingerprint density at radius 2 is 2.10 bits per heavy atom. The number of ether oxygens (including phenoxy) is 2. The molecule has 1 aromatic carbocycles. The Morgan fingerprint density at radius 3 is 2.90 bits per heavy atom. The molecule has 29 heavy (non-hydrogen) atoms. The Labute approximate surface area is 169 Å². The first kappa shape index (κ1) is 19.2. The summed E-state index contributed by atoms with van der Waals surface area (Å²) in [5.41, 5.74) is 3.29. The van der Waals surface area contributed by atoms with E-state index in [9.17, 15) is 4.79 Å². The maximum absolute atomic E-state index is 12.0. The highest BCUT2D eigenvalue weighted by Crippen LogP contribution is 2.27. The van der Waals surface area contributed by atoms with Gasteiger partial charge in [0.25, 0.3) is 0 Å². The molecular weight excluding hydrogens is 366 g/mol. The molecule has 148 valence electrons. The van der Waals surface area contributed by atoms with Crippen molar-refractivity contribution in [3.63, 3.8) is 0 Å². The summed E-state index contributed by atoms with van der Waals surface area (Å²) in [5.74, 6) is 0.870. The molecule has 2 heterocycles. The topological polar surface area (TPSA) is 61.6 Å². The Morgan fingerprint density at radius 1 is 1.24 bits per heavy atom. The zero-order chi connectivity index (χ0) is 20.2. The van der Waals surface area contributed by atoms with E-state index in [4.69, 9.17) is 13.9 Å². The maximum Gasteiger partial charge on any atom is 0.341 e. The molecule has 1 aliphatic rings. The SMILES string of the molecule is CCOC(=O)c1cc(C2=CCC(OCc3ccc4ccccc4n3)C=C2)oc1C. The zero-order valence-corrected chi connectivity index (χ0v) is 16.6. The molecule has 5 heteroatoms. The lowest BCUT2D eigenvalue weighted by Gasteiger charge is -2.16. The molecule has 4 rings (SSSR count). The third-order valence-corrected chi connectivity index (χ3v) is 4.86. The first-order valence-electron chi connectivity index (χ1n) is 9.76.